The van der Waals surface area contributed by atoms with Crippen molar-refractivity contribution in [2.75, 3.05) is 20.3 Å². The van der Waals surface area contributed by atoms with Crippen molar-refractivity contribution in [3.8, 4) is 0 Å². The fourth-order valence-corrected chi connectivity index (χ4v) is 2.93. The van der Waals surface area contributed by atoms with Crippen LogP contribution in [0.2, 0.25) is 0 Å². The van der Waals surface area contributed by atoms with Gasteiger partial charge in [-0.25, -0.2) is 0 Å². The van der Waals surface area contributed by atoms with E-state index < -0.39 is 6.10 Å². The summed E-state index contributed by atoms with van der Waals surface area (Å²) in [4.78, 5) is 14.6. The highest BCUT2D eigenvalue weighted by molar-refractivity contribution is 5.80. The van der Waals surface area contributed by atoms with Crippen LogP contribution < -0.4 is 5.32 Å². The molecule has 1 aliphatic heterocycles. The van der Waals surface area contributed by atoms with Gasteiger partial charge >= 0.3 is 0 Å². The quantitative estimate of drug-likeness (QED) is 0.733. The van der Waals surface area contributed by atoms with Crippen LogP contribution >= 0.6 is 0 Å². The molecule has 5 heteroatoms. The Morgan fingerprint density at radius 1 is 1.27 bits per heavy atom. The van der Waals surface area contributed by atoms with Crippen molar-refractivity contribution in [2.24, 2.45) is 0 Å². The van der Waals surface area contributed by atoms with Crippen LogP contribution in [0.4, 0.5) is 0 Å². The lowest BCUT2D eigenvalue weighted by Crippen LogP contribution is -2.37. The van der Waals surface area contributed by atoms with Crippen molar-refractivity contribution in [1.82, 2.24) is 10.2 Å². The molecule has 0 spiro atoms. The maximum absolute atomic E-state index is 12.3. The summed E-state index contributed by atoms with van der Waals surface area (Å²) in [6, 6.07) is 8.74. The molecule has 0 bridgehead atoms. The Morgan fingerprint density at radius 2 is 2.00 bits per heavy atom. The monoisotopic (exact) mass is 362 g/mol. The molecule has 1 saturated heterocycles. The Morgan fingerprint density at radius 3 is 2.65 bits per heavy atom. The van der Waals surface area contributed by atoms with E-state index in [0.29, 0.717) is 19.2 Å². The normalized spacial score (nSPS) is 18.9. The molecule has 5 nitrogen and oxygen atoms in total. The number of rotatable bonds is 9. The van der Waals surface area contributed by atoms with E-state index >= 15 is 0 Å². The first-order chi connectivity index (χ1) is 12.5. The lowest BCUT2D eigenvalue weighted by atomic mass is 10.1. The molecule has 2 atom stereocenters. The molecule has 146 valence electrons. The topological polar surface area (TPSA) is 50.8 Å². The van der Waals surface area contributed by atoms with Gasteiger partial charge in [0.2, 0.25) is 5.91 Å². The Kier molecular flexibility index (Phi) is 8.55. The Bertz CT molecular complexity index is 556. The number of carbonyl (C=O) groups excluding carboxylic acids is 1. The fraction of sp³-hybridized carbons (Fsp3) is 0.667. The van der Waals surface area contributed by atoms with Gasteiger partial charge in [-0.05, 0) is 58.2 Å². The molecule has 1 aromatic rings. The highest BCUT2D eigenvalue weighted by atomic mass is 16.5. The molecule has 2 rings (SSSR count). The Labute approximate surface area is 158 Å². The maximum Gasteiger partial charge on any atom is 0.249 e. The summed E-state index contributed by atoms with van der Waals surface area (Å²) in [6.45, 7) is 8.85. The van der Waals surface area contributed by atoms with E-state index in [-0.39, 0.29) is 12.0 Å². The van der Waals surface area contributed by atoms with Gasteiger partial charge in [0.05, 0.1) is 12.7 Å². The second-order valence-corrected chi connectivity index (χ2v) is 7.46. The number of carbonyl (C=O) groups is 1. The highest BCUT2D eigenvalue weighted by Crippen LogP contribution is 2.14. The van der Waals surface area contributed by atoms with Gasteiger partial charge in [0.1, 0.15) is 6.10 Å². The molecule has 2 unspecified atom stereocenters. The second kappa shape index (κ2) is 10.7. The third-order valence-corrected chi connectivity index (χ3v) is 5.05. The van der Waals surface area contributed by atoms with Crippen LogP contribution in [0.1, 0.15) is 51.2 Å². The molecule has 0 radical (unpaired) electrons. The van der Waals surface area contributed by atoms with Gasteiger partial charge in [-0.15, -0.1) is 0 Å². The second-order valence-electron chi connectivity index (χ2n) is 7.46. The number of benzene rings is 1. The zero-order valence-electron chi connectivity index (χ0n) is 16.7. The van der Waals surface area contributed by atoms with Crippen LogP contribution in [0.15, 0.2) is 24.3 Å². The summed E-state index contributed by atoms with van der Waals surface area (Å²) in [5, 5.41) is 3.01. The van der Waals surface area contributed by atoms with Gasteiger partial charge < -0.3 is 14.8 Å². The van der Waals surface area contributed by atoms with E-state index in [2.05, 4.69) is 43.2 Å². The SMILES string of the molecule is CC(OCC1CCCCO1)C(=O)NCc1ccccc1CN(C)C(C)C. The minimum Gasteiger partial charge on any atom is -0.376 e. The maximum atomic E-state index is 12.3. The van der Waals surface area contributed by atoms with Crippen LogP contribution in [0.5, 0.6) is 0 Å². The lowest BCUT2D eigenvalue weighted by molar-refractivity contribution is -0.135. The van der Waals surface area contributed by atoms with E-state index in [4.69, 9.17) is 9.47 Å². The number of amides is 1. The van der Waals surface area contributed by atoms with E-state index in [1.807, 2.05) is 12.1 Å². The zero-order chi connectivity index (χ0) is 18.9. The van der Waals surface area contributed by atoms with Crippen molar-refractivity contribution < 1.29 is 14.3 Å². The van der Waals surface area contributed by atoms with Crippen molar-refractivity contribution in [2.45, 2.75) is 71.4 Å². The summed E-state index contributed by atoms with van der Waals surface area (Å²) in [5.74, 6) is -0.0761. The third-order valence-electron chi connectivity index (χ3n) is 5.05. The van der Waals surface area contributed by atoms with Crippen LogP contribution in [-0.4, -0.2) is 49.3 Å². The predicted molar refractivity (Wildman–Crippen MR) is 104 cm³/mol. The average molecular weight is 363 g/mol. The highest BCUT2D eigenvalue weighted by Gasteiger charge is 2.19. The minimum absolute atomic E-state index is 0.0761. The molecule has 0 aromatic heterocycles. The molecule has 1 heterocycles. The summed E-state index contributed by atoms with van der Waals surface area (Å²) >= 11 is 0. The van der Waals surface area contributed by atoms with Crippen molar-refractivity contribution >= 4 is 5.91 Å². The van der Waals surface area contributed by atoms with Crippen molar-refractivity contribution in [3.63, 3.8) is 0 Å². The molecule has 0 aliphatic carbocycles. The van der Waals surface area contributed by atoms with Crippen LogP contribution in [-0.2, 0) is 27.4 Å². The number of nitrogens with one attached hydrogen (secondary N) is 1. The average Bonchev–Trinajstić information content (AvgIpc) is 2.65. The van der Waals surface area contributed by atoms with Gasteiger partial charge in [-0.3, -0.25) is 9.69 Å². The molecular formula is C21H34N2O3. The van der Waals surface area contributed by atoms with Gasteiger partial charge in [0, 0.05) is 25.7 Å². The summed E-state index contributed by atoms with van der Waals surface area (Å²) < 4.78 is 11.4. The van der Waals surface area contributed by atoms with E-state index in [0.717, 1.165) is 31.6 Å². The molecule has 1 aromatic carbocycles. The first-order valence-electron chi connectivity index (χ1n) is 9.75. The van der Waals surface area contributed by atoms with E-state index in [1.165, 1.54) is 12.0 Å². The first-order valence-corrected chi connectivity index (χ1v) is 9.75. The van der Waals surface area contributed by atoms with Gasteiger partial charge in [-0.2, -0.15) is 0 Å². The van der Waals surface area contributed by atoms with Gasteiger partial charge in [0.15, 0.2) is 0 Å². The summed E-state index contributed by atoms with van der Waals surface area (Å²) in [6.07, 6.45) is 2.98. The van der Waals surface area contributed by atoms with E-state index in [1.54, 1.807) is 6.92 Å². The first kappa shape index (κ1) is 20.9. The van der Waals surface area contributed by atoms with Gasteiger partial charge in [-0.1, -0.05) is 24.3 Å². The zero-order valence-corrected chi connectivity index (χ0v) is 16.7. The molecule has 1 amide bonds. The van der Waals surface area contributed by atoms with Crippen LogP contribution in [0, 0.1) is 0 Å². The largest absolute Gasteiger partial charge is 0.376 e. The van der Waals surface area contributed by atoms with Crippen LogP contribution in [0.3, 0.4) is 0 Å². The Hall–Kier alpha value is -1.43. The van der Waals surface area contributed by atoms with E-state index in [9.17, 15) is 4.79 Å². The lowest BCUT2D eigenvalue weighted by Gasteiger charge is -2.24. The summed E-state index contributed by atoms with van der Waals surface area (Å²) in [7, 11) is 2.11. The summed E-state index contributed by atoms with van der Waals surface area (Å²) in [5.41, 5.74) is 2.39. The molecule has 1 N–H and O–H groups in total. The van der Waals surface area contributed by atoms with Crippen molar-refractivity contribution in [1.29, 1.82) is 0 Å². The Balaban J connectivity index is 1.80. The standard InChI is InChI=1S/C21H34N2O3/c1-16(2)23(4)14-19-10-6-5-9-18(19)13-22-21(24)17(3)26-15-20-11-7-8-12-25-20/h5-6,9-10,16-17,20H,7-8,11-15H2,1-4H3,(H,22,24). The number of hydrogen-bond acceptors (Lipinski definition) is 4. The van der Waals surface area contributed by atoms with Crippen molar-refractivity contribution in [3.05, 3.63) is 35.4 Å². The number of ether oxygens (including phenoxy) is 2. The molecule has 26 heavy (non-hydrogen) atoms. The molecular weight excluding hydrogens is 328 g/mol. The molecule has 1 fully saturated rings. The molecule has 1 aliphatic rings. The van der Waals surface area contributed by atoms with Crippen LogP contribution in [0.25, 0.3) is 0 Å². The number of hydrogen-bond donors (Lipinski definition) is 1. The molecule has 0 saturated carbocycles. The fourth-order valence-electron chi connectivity index (χ4n) is 2.93. The smallest absolute Gasteiger partial charge is 0.249 e. The predicted octanol–water partition coefficient (Wildman–Crippen LogP) is 3.12. The minimum atomic E-state index is -0.467. The number of nitrogens with zero attached hydrogens (tertiary/aromatic N) is 1. The van der Waals surface area contributed by atoms with Gasteiger partial charge in [0.25, 0.3) is 0 Å². The third kappa shape index (κ3) is 6.71.